The second kappa shape index (κ2) is 5.23. The fraction of sp³-hybridized carbons (Fsp3) is 0.562. The van der Waals surface area contributed by atoms with Crippen molar-refractivity contribution >= 4 is 5.78 Å². The predicted molar refractivity (Wildman–Crippen MR) is 72.6 cm³/mol. The second-order valence-electron chi connectivity index (χ2n) is 5.66. The maximum atomic E-state index is 12.1. The largest absolute Gasteiger partial charge is 0.313 e. The zero-order valence-corrected chi connectivity index (χ0v) is 10.8. The summed E-state index contributed by atoms with van der Waals surface area (Å²) in [6.45, 7) is 1.09. The van der Waals surface area contributed by atoms with Crippen molar-refractivity contribution in [1.29, 1.82) is 0 Å². The summed E-state index contributed by atoms with van der Waals surface area (Å²) in [5.41, 5.74) is 1.41. The van der Waals surface area contributed by atoms with Crippen LogP contribution in [-0.2, 0) is 4.79 Å². The third-order valence-electron chi connectivity index (χ3n) is 4.55. The minimum atomic E-state index is 0.256. The molecule has 3 unspecified atom stereocenters. The van der Waals surface area contributed by atoms with Crippen molar-refractivity contribution in [3.8, 4) is 0 Å². The van der Waals surface area contributed by atoms with E-state index in [9.17, 15) is 4.79 Å². The van der Waals surface area contributed by atoms with Gasteiger partial charge in [0.1, 0.15) is 5.78 Å². The summed E-state index contributed by atoms with van der Waals surface area (Å²) in [6, 6.07) is 11.1. The van der Waals surface area contributed by atoms with Crippen LogP contribution < -0.4 is 5.32 Å². The molecule has 18 heavy (non-hydrogen) atoms. The van der Waals surface area contributed by atoms with Crippen LogP contribution in [0.3, 0.4) is 0 Å². The third kappa shape index (κ3) is 2.35. The standard InChI is InChI=1S/C16H21NO/c18-16-9-8-13(12-5-2-1-3-6-12)11-14(16)15-7-4-10-17-15/h1-3,5-6,13-15,17H,4,7-11H2. The molecule has 1 aromatic carbocycles. The van der Waals surface area contributed by atoms with Crippen molar-refractivity contribution < 1.29 is 4.79 Å². The number of benzene rings is 1. The Morgan fingerprint density at radius 1 is 1.11 bits per heavy atom. The quantitative estimate of drug-likeness (QED) is 0.865. The van der Waals surface area contributed by atoms with E-state index in [4.69, 9.17) is 0 Å². The summed E-state index contributed by atoms with van der Waals surface area (Å²) in [6.07, 6.45) is 5.25. The van der Waals surface area contributed by atoms with Gasteiger partial charge in [-0.15, -0.1) is 0 Å². The molecule has 0 aromatic heterocycles. The highest BCUT2D eigenvalue weighted by Gasteiger charge is 2.35. The number of Topliss-reactive ketones (excluding diaryl/α,β-unsaturated/α-hetero) is 1. The average Bonchev–Trinajstić information content (AvgIpc) is 2.94. The molecule has 0 spiro atoms. The van der Waals surface area contributed by atoms with Crippen LogP contribution in [0.2, 0.25) is 0 Å². The van der Waals surface area contributed by atoms with Gasteiger partial charge in [-0.25, -0.2) is 0 Å². The molecule has 2 fully saturated rings. The molecule has 1 saturated carbocycles. The Morgan fingerprint density at radius 3 is 2.67 bits per heavy atom. The molecule has 3 rings (SSSR count). The van der Waals surface area contributed by atoms with Crippen molar-refractivity contribution in [1.82, 2.24) is 5.32 Å². The molecule has 1 aliphatic carbocycles. The van der Waals surface area contributed by atoms with Crippen molar-refractivity contribution in [2.45, 2.75) is 44.1 Å². The first kappa shape index (κ1) is 11.9. The van der Waals surface area contributed by atoms with Gasteiger partial charge in [0.2, 0.25) is 0 Å². The van der Waals surface area contributed by atoms with Gasteiger partial charge in [-0.1, -0.05) is 30.3 Å². The molecular formula is C16H21NO. The molecule has 1 saturated heterocycles. The van der Waals surface area contributed by atoms with Gasteiger partial charge in [-0.2, -0.15) is 0 Å². The molecule has 0 amide bonds. The lowest BCUT2D eigenvalue weighted by atomic mass is 9.74. The summed E-state index contributed by atoms with van der Waals surface area (Å²) in [4.78, 5) is 12.1. The SMILES string of the molecule is O=C1CCC(c2ccccc2)CC1C1CCCN1. The molecule has 3 atom stereocenters. The minimum Gasteiger partial charge on any atom is -0.313 e. The number of carbonyl (C=O) groups is 1. The van der Waals surface area contributed by atoms with Gasteiger partial charge in [0.25, 0.3) is 0 Å². The Labute approximate surface area is 109 Å². The molecular weight excluding hydrogens is 222 g/mol. The van der Waals surface area contributed by atoms with Crippen LogP contribution in [0.5, 0.6) is 0 Å². The van der Waals surface area contributed by atoms with E-state index in [1.807, 2.05) is 0 Å². The molecule has 0 bridgehead atoms. The summed E-state index contributed by atoms with van der Waals surface area (Å²) in [5, 5.41) is 3.51. The number of hydrogen-bond donors (Lipinski definition) is 1. The molecule has 0 radical (unpaired) electrons. The molecule has 1 N–H and O–H groups in total. The van der Waals surface area contributed by atoms with Gasteiger partial charge in [0.15, 0.2) is 0 Å². The van der Waals surface area contributed by atoms with Gasteiger partial charge in [0, 0.05) is 18.4 Å². The van der Waals surface area contributed by atoms with E-state index in [0.29, 0.717) is 17.7 Å². The number of carbonyl (C=O) groups excluding carboxylic acids is 1. The number of rotatable bonds is 2. The highest BCUT2D eigenvalue weighted by Crippen LogP contribution is 2.37. The summed E-state index contributed by atoms with van der Waals surface area (Å²) < 4.78 is 0. The third-order valence-corrected chi connectivity index (χ3v) is 4.55. The Kier molecular flexibility index (Phi) is 3.46. The van der Waals surface area contributed by atoms with Gasteiger partial charge in [0.05, 0.1) is 0 Å². The Hall–Kier alpha value is -1.15. The summed E-state index contributed by atoms with van der Waals surface area (Å²) >= 11 is 0. The first-order chi connectivity index (χ1) is 8.84. The van der Waals surface area contributed by atoms with Crippen molar-refractivity contribution in [3.05, 3.63) is 35.9 Å². The first-order valence-corrected chi connectivity index (χ1v) is 7.15. The van der Waals surface area contributed by atoms with Crippen molar-refractivity contribution in [3.63, 3.8) is 0 Å². The molecule has 2 aliphatic rings. The van der Waals surface area contributed by atoms with E-state index >= 15 is 0 Å². The fourth-order valence-corrected chi connectivity index (χ4v) is 3.53. The van der Waals surface area contributed by atoms with Crippen LogP contribution in [0.15, 0.2) is 30.3 Å². The monoisotopic (exact) mass is 243 g/mol. The van der Waals surface area contributed by atoms with Crippen LogP contribution in [0.25, 0.3) is 0 Å². The Bertz CT molecular complexity index is 408. The van der Waals surface area contributed by atoms with Crippen LogP contribution in [0.4, 0.5) is 0 Å². The number of ketones is 1. The normalized spacial score (nSPS) is 32.7. The van der Waals surface area contributed by atoms with Crippen LogP contribution in [0.1, 0.15) is 43.6 Å². The molecule has 96 valence electrons. The topological polar surface area (TPSA) is 29.1 Å². The first-order valence-electron chi connectivity index (χ1n) is 7.15. The highest BCUT2D eigenvalue weighted by atomic mass is 16.1. The fourth-order valence-electron chi connectivity index (χ4n) is 3.53. The highest BCUT2D eigenvalue weighted by molar-refractivity contribution is 5.82. The Morgan fingerprint density at radius 2 is 1.94 bits per heavy atom. The lowest BCUT2D eigenvalue weighted by Gasteiger charge is -2.32. The van der Waals surface area contributed by atoms with E-state index < -0.39 is 0 Å². The zero-order valence-electron chi connectivity index (χ0n) is 10.8. The van der Waals surface area contributed by atoms with Crippen LogP contribution in [-0.4, -0.2) is 18.4 Å². The predicted octanol–water partition coefficient (Wildman–Crippen LogP) is 2.89. The number of hydrogen-bond acceptors (Lipinski definition) is 2. The van der Waals surface area contributed by atoms with Gasteiger partial charge < -0.3 is 5.32 Å². The number of nitrogens with one attached hydrogen (secondary N) is 1. The van der Waals surface area contributed by atoms with Gasteiger partial charge >= 0.3 is 0 Å². The maximum Gasteiger partial charge on any atom is 0.137 e. The molecule has 2 nitrogen and oxygen atoms in total. The molecule has 1 aromatic rings. The van der Waals surface area contributed by atoms with Crippen LogP contribution in [0, 0.1) is 5.92 Å². The zero-order chi connectivity index (χ0) is 12.4. The van der Waals surface area contributed by atoms with Gasteiger partial charge in [-0.3, -0.25) is 4.79 Å². The van der Waals surface area contributed by atoms with Gasteiger partial charge in [-0.05, 0) is 43.7 Å². The molecule has 1 aliphatic heterocycles. The lowest BCUT2D eigenvalue weighted by Crippen LogP contribution is -2.39. The van der Waals surface area contributed by atoms with E-state index in [0.717, 1.165) is 25.8 Å². The van der Waals surface area contributed by atoms with E-state index in [1.165, 1.54) is 18.4 Å². The second-order valence-corrected chi connectivity index (χ2v) is 5.66. The van der Waals surface area contributed by atoms with Crippen molar-refractivity contribution in [2.24, 2.45) is 5.92 Å². The summed E-state index contributed by atoms with van der Waals surface area (Å²) in [5.74, 6) is 1.32. The van der Waals surface area contributed by atoms with Crippen molar-refractivity contribution in [2.75, 3.05) is 6.54 Å². The average molecular weight is 243 g/mol. The summed E-state index contributed by atoms with van der Waals surface area (Å²) in [7, 11) is 0. The van der Waals surface area contributed by atoms with Crippen LogP contribution >= 0.6 is 0 Å². The van der Waals surface area contributed by atoms with E-state index in [-0.39, 0.29) is 5.92 Å². The lowest BCUT2D eigenvalue weighted by molar-refractivity contribution is -0.125. The molecule has 1 heterocycles. The van der Waals surface area contributed by atoms with E-state index in [2.05, 4.69) is 35.6 Å². The van der Waals surface area contributed by atoms with E-state index in [1.54, 1.807) is 0 Å². The Balaban J connectivity index is 1.73. The molecule has 2 heteroatoms. The minimum absolute atomic E-state index is 0.256. The maximum absolute atomic E-state index is 12.1. The smallest absolute Gasteiger partial charge is 0.137 e.